The van der Waals surface area contributed by atoms with Crippen molar-refractivity contribution in [3.05, 3.63) is 69.3 Å². The molecule has 24 heavy (non-hydrogen) atoms. The van der Waals surface area contributed by atoms with Gasteiger partial charge in [-0.25, -0.2) is 0 Å². The summed E-state index contributed by atoms with van der Waals surface area (Å²) >= 11 is 7.50. The van der Waals surface area contributed by atoms with Crippen LogP contribution in [0.4, 0.5) is 0 Å². The lowest BCUT2D eigenvalue weighted by Crippen LogP contribution is -2.14. The Labute approximate surface area is 149 Å². The summed E-state index contributed by atoms with van der Waals surface area (Å²) in [5, 5.41) is 20.6. The van der Waals surface area contributed by atoms with Gasteiger partial charge in [0.1, 0.15) is 5.75 Å². The quantitative estimate of drug-likeness (QED) is 0.541. The van der Waals surface area contributed by atoms with Gasteiger partial charge in [-0.2, -0.15) is 5.10 Å². The van der Waals surface area contributed by atoms with E-state index in [-0.39, 0.29) is 5.75 Å². The highest BCUT2D eigenvalue weighted by Crippen LogP contribution is 2.22. The van der Waals surface area contributed by atoms with Gasteiger partial charge in [0.15, 0.2) is 0 Å². The van der Waals surface area contributed by atoms with E-state index in [1.807, 2.05) is 24.3 Å². The molecule has 0 bridgehead atoms. The molecule has 0 aliphatic heterocycles. The van der Waals surface area contributed by atoms with Crippen molar-refractivity contribution in [2.45, 2.75) is 13.5 Å². The van der Waals surface area contributed by atoms with Crippen LogP contribution in [0.25, 0.3) is 11.3 Å². The fraction of sp³-hybridized carbons (Fsp3) is 0.111. The van der Waals surface area contributed by atoms with Gasteiger partial charge >= 0.3 is 0 Å². The minimum Gasteiger partial charge on any atom is -0.508 e. The molecule has 0 unspecified atom stereocenters. The molecule has 1 heterocycles. The lowest BCUT2D eigenvalue weighted by atomic mass is 10.2. The minimum absolute atomic E-state index is 0.235. The van der Waals surface area contributed by atoms with Crippen molar-refractivity contribution in [1.82, 2.24) is 4.57 Å². The lowest BCUT2D eigenvalue weighted by molar-refractivity contribution is 0.475. The summed E-state index contributed by atoms with van der Waals surface area (Å²) < 4.78 is 2.11. The summed E-state index contributed by atoms with van der Waals surface area (Å²) in [5.74, 6) is 0.235. The third-order valence-corrected chi connectivity index (χ3v) is 4.60. The standard InChI is InChI=1S/C18H16ClN3OS/c1-2-22-17(14-5-7-15(19)8-6-14)12-24-18(22)21-20-11-13-3-9-16(23)10-4-13/h3-12,23H,2H2,1H3/b20-11+,21-18?. The van der Waals surface area contributed by atoms with E-state index in [4.69, 9.17) is 11.6 Å². The zero-order valence-corrected chi connectivity index (χ0v) is 14.6. The van der Waals surface area contributed by atoms with Gasteiger partial charge in [-0.05, 0) is 54.4 Å². The van der Waals surface area contributed by atoms with E-state index in [0.29, 0.717) is 0 Å². The van der Waals surface area contributed by atoms with Crippen LogP contribution in [0.5, 0.6) is 5.75 Å². The first-order chi connectivity index (χ1) is 11.7. The second-order valence-electron chi connectivity index (χ2n) is 5.09. The molecule has 0 aliphatic carbocycles. The number of phenolic OH excluding ortho intramolecular Hbond substituents is 1. The van der Waals surface area contributed by atoms with Crippen LogP contribution < -0.4 is 4.80 Å². The number of benzene rings is 2. The van der Waals surface area contributed by atoms with Crippen molar-refractivity contribution >= 4 is 29.2 Å². The van der Waals surface area contributed by atoms with Crippen LogP contribution in [0.3, 0.4) is 0 Å². The maximum Gasteiger partial charge on any atom is 0.211 e. The average Bonchev–Trinajstić information content (AvgIpc) is 3.00. The van der Waals surface area contributed by atoms with Crippen LogP contribution >= 0.6 is 22.9 Å². The summed E-state index contributed by atoms with van der Waals surface area (Å²) in [5.41, 5.74) is 3.08. The molecular weight excluding hydrogens is 342 g/mol. The first-order valence-corrected chi connectivity index (χ1v) is 8.73. The van der Waals surface area contributed by atoms with Gasteiger partial charge in [0, 0.05) is 16.9 Å². The third-order valence-electron chi connectivity index (χ3n) is 3.50. The number of thiazole rings is 1. The van der Waals surface area contributed by atoms with Crippen molar-refractivity contribution < 1.29 is 5.11 Å². The van der Waals surface area contributed by atoms with Crippen LogP contribution in [-0.2, 0) is 6.54 Å². The summed E-state index contributed by atoms with van der Waals surface area (Å²) in [6.45, 7) is 2.88. The zero-order chi connectivity index (χ0) is 16.9. The Balaban J connectivity index is 1.91. The second kappa shape index (κ2) is 7.47. The number of aromatic nitrogens is 1. The predicted molar refractivity (Wildman–Crippen MR) is 99.7 cm³/mol. The molecule has 3 rings (SSSR count). The Kier molecular flexibility index (Phi) is 5.13. The number of halogens is 1. The summed E-state index contributed by atoms with van der Waals surface area (Å²) in [4.78, 5) is 0.831. The fourth-order valence-corrected chi connectivity index (χ4v) is 3.33. The van der Waals surface area contributed by atoms with Crippen molar-refractivity contribution in [3.8, 4) is 17.0 Å². The Bertz CT molecular complexity index is 909. The summed E-state index contributed by atoms with van der Waals surface area (Å²) in [6, 6.07) is 14.6. The van der Waals surface area contributed by atoms with Gasteiger partial charge in [-0.1, -0.05) is 23.7 Å². The largest absolute Gasteiger partial charge is 0.508 e. The molecule has 3 aromatic rings. The Hall–Kier alpha value is -2.37. The molecule has 0 fully saturated rings. The van der Waals surface area contributed by atoms with E-state index in [1.54, 1.807) is 41.8 Å². The van der Waals surface area contributed by atoms with Crippen LogP contribution in [0, 0.1) is 0 Å². The molecule has 1 aromatic heterocycles. The predicted octanol–water partition coefficient (Wildman–Crippen LogP) is 4.53. The van der Waals surface area contributed by atoms with Crippen LogP contribution in [-0.4, -0.2) is 15.9 Å². The highest BCUT2D eigenvalue weighted by atomic mass is 35.5. The molecule has 0 aliphatic rings. The second-order valence-corrected chi connectivity index (χ2v) is 6.36. The monoisotopic (exact) mass is 357 g/mol. The van der Waals surface area contributed by atoms with E-state index in [2.05, 4.69) is 27.1 Å². The van der Waals surface area contributed by atoms with Gasteiger partial charge < -0.3 is 9.67 Å². The maximum absolute atomic E-state index is 9.28. The normalized spacial score (nSPS) is 12.2. The van der Waals surface area contributed by atoms with Gasteiger partial charge in [0.25, 0.3) is 0 Å². The number of hydrogen-bond donors (Lipinski definition) is 1. The molecule has 122 valence electrons. The molecule has 0 radical (unpaired) electrons. The third kappa shape index (κ3) is 3.75. The Morgan fingerprint density at radius 3 is 2.50 bits per heavy atom. The fourth-order valence-electron chi connectivity index (χ4n) is 2.27. The van der Waals surface area contributed by atoms with Gasteiger partial charge in [-0.3, -0.25) is 0 Å². The van der Waals surface area contributed by atoms with E-state index >= 15 is 0 Å². The summed E-state index contributed by atoms with van der Waals surface area (Å²) in [7, 11) is 0. The van der Waals surface area contributed by atoms with Gasteiger partial charge in [0.05, 0.1) is 11.9 Å². The Morgan fingerprint density at radius 2 is 1.83 bits per heavy atom. The van der Waals surface area contributed by atoms with Gasteiger partial charge in [-0.15, -0.1) is 16.4 Å². The molecule has 0 spiro atoms. The molecule has 4 nitrogen and oxygen atoms in total. The first kappa shape index (κ1) is 16.5. The molecular formula is C18H16ClN3OS. The number of nitrogens with zero attached hydrogens (tertiary/aromatic N) is 3. The zero-order valence-electron chi connectivity index (χ0n) is 13.1. The number of phenols is 1. The number of hydrogen-bond acceptors (Lipinski definition) is 4. The first-order valence-electron chi connectivity index (χ1n) is 7.47. The summed E-state index contributed by atoms with van der Waals surface area (Å²) in [6.07, 6.45) is 1.67. The van der Waals surface area contributed by atoms with Gasteiger partial charge in [0.2, 0.25) is 4.80 Å². The van der Waals surface area contributed by atoms with E-state index in [0.717, 1.165) is 33.2 Å². The average molecular weight is 358 g/mol. The van der Waals surface area contributed by atoms with E-state index in [1.165, 1.54) is 0 Å². The van der Waals surface area contributed by atoms with Crippen LogP contribution in [0.2, 0.25) is 5.02 Å². The van der Waals surface area contributed by atoms with Crippen molar-refractivity contribution in [2.75, 3.05) is 0 Å². The maximum atomic E-state index is 9.28. The molecule has 0 saturated heterocycles. The minimum atomic E-state index is 0.235. The highest BCUT2D eigenvalue weighted by molar-refractivity contribution is 7.07. The Morgan fingerprint density at radius 1 is 1.12 bits per heavy atom. The molecule has 0 saturated carbocycles. The molecule has 0 atom stereocenters. The number of rotatable bonds is 4. The molecule has 0 amide bonds. The van der Waals surface area contributed by atoms with Crippen molar-refractivity contribution in [2.24, 2.45) is 10.2 Å². The van der Waals surface area contributed by atoms with Crippen molar-refractivity contribution in [1.29, 1.82) is 0 Å². The number of aromatic hydroxyl groups is 1. The SMILES string of the molecule is CCn1c(-c2ccc(Cl)cc2)csc1=N/N=C/c1ccc(O)cc1. The molecule has 6 heteroatoms. The van der Waals surface area contributed by atoms with E-state index in [9.17, 15) is 5.11 Å². The van der Waals surface area contributed by atoms with E-state index < -0.39 is 0 Å². The van der Waals surface area contributed by atoms with Crippen molar-refractivity contribution in [3.63, 3.8) is 0 Å². The molecule has 2 aromatic carbocycles. The topological polar surface area (TPSA) is 49.9 Å². The molecule has 1 N–H and O–H groups in total. The van der Waals surface area contributed by atoms with Crippen LogP contribution in [0.15, 0.2) is 64.1 Å². The van der Waals surface area contributed by atoms with Crippen LogP contribution in [0.1, 0.15) is 12.5 Å². The smallest absolute Gasteiger partial charge is 0.211 e. The lowest BCUT2D eigenvalue weighted by Gasteiger charge is -2.05. The highest BCUT2D eigenvalue weighted by Gasteiger charge is 2.06.